The summed E-state index contributed by atoms with van der Waals surface area (Å²) in [5, 5.41) is 0.939. The van der Waals surface area contributed by atoms with Gasteiger partial charge in [0.2, 0.25) is 0 Å². The number of carbonyl (C=O) groups excluding carboxylic acids is 2. The molecule has 0 N–H and O–H groups in total. The molecule has 0 aliphatic carbocycles. The van der Waals surface area contributed by atoms with Crippen LogP contribution in [-0.2, 0) is 14.3 Å². The number of halogens is 2. The number of hydrogen-bond donors (Lipinski definition) is 0. The fourth-order valence-corrected chi connectivity index (χ4v) is 1.95. The Hall–Kier alpha value is -1.32. The molecule has 0 spiro atoms. The van der Waals surface area contributed by atoms with Gasteiger partial charge >= 0.3 is 11.9 Å². The maximum atomic E-state index is 11.2. The minimum Gasteiger partial charge on any atom is -0.389 e. The predicted octanol–water partition coefficient (Wildman–Crippen LogP) is 2.85. The second kappa shape index (κ2) is 4.28. The van der Waals surface area contributed by atoms with Crippen LogP contribution >= 0.6 is 23.2 Å². The van der Waals surface area contributed by atoms with Crippen molar-refractivity contribution in [1.82, 2.24) is 0 Å². The van der Waals surface area contributed by atoms with E-state index < -0.39 is 11.9 Å². The van der Waals surface area contributed by atoms with Crippen LogP contribution < -0.4 is 0 Å². The van der Waals surface area contributed by atoms with E-state index in [0.717, 1.165) is 0 Å². The first-order chi connectivity index (χ1) is 7.54. The van der Waals surface area contributed by atoms with E-state index in [9.17, 15) is 9.59 Å². The lowest BCUT2D eigenvalue weighted by Crippen LogP contribution is -1.96. The summed E-state index contributed by atoms with van der Waals surface area (Å²) < 4.78 is 4.39. The number of carbonyl (C=O) groups is 2. The summed E-state index contributed by atoms with van der Waals surface area (Å²) >= 11 is 11.6. The quantitative estimate of drug-likeness (QED) is 0.441. The van der Waals surface area contributed by atoms with Gasteiger partial charge in [-0.15, -0.1) is 0 Å². The maximum Gasteiger partial charge on any atom is 0.342 e. The highest BCUT2D eigenvalue weighted by atomic mass is 35.5. The van der Waals surface area contributed by atoms with Crippen LogP contribution in [0.3, 0.4) is 0 Å². The number of ether oxygens (including phenoxy) is 1. The molecular formula is C11H6Cl2O3. The van der Waals surface area contributed by atoms with Crippen molar-refractivity contribution in [1.29, 1.82) is 0 Å². The van der Waals surface area contributed by atoms with Gasteiger partial charge in [0.1, 0.15) is 0 Å². The Balaban J connectivity index is 2.36. The van der Waals surface area contributed by atoms with Gasteiger partial charge in [-0.3, -0.25) is 4.79 Å². The third kappa shape index (κ3) is 2.43. The Labute approximate surface area is 102 Å². The zero-order chi connectivity index (χ0) is 11.7. The van der Waals surface area contributed by atoms with Crippen molar-refractivity contribution in [2.45, 2.75) is 6.42 Å². The zero-order valence-corrected chi connectivity index (χ0v) is 9.51. The first-order valence-electron chi connectivity index (χ1n) is 4.46. The molecule has 0 amide bonds. The van der Waals surface area contributed by atoms with Gasteiger partial charge in [-0.1, -0.05) is 23.2 Å². The lowest BCUT2D eigenvalue weighted by molar-refractivity contribution is -0.151. The Kier molecular flexibility index (Phi) is 2.99. The van der Waals surface area contributed by atoms with Gasteiger partial charge in [-0.05, 0) is 29.8 Å². The summed E-state index contributed by atoms with van der Waals surface area (Å²) in [7, 11) is 0. The Morgan fingerprint density at radius 1 is 1.12 bits per heavy atom. The molecule has 16 heavy (non-hydrogen) atoms. The van der Waals surface area contributed by atoms with E-state index in [0.29, 0.717) is 21.2 Å². The number of hydrogen-bond acceptors (Lipinski definition) is 3. The molecule has 0 bridgehead atoms. The van der Waals surface area contributed by atoms with E-state index >= 15 is 0 Å². The number of cyclic esters (lactones) is 2. The van der Waals surface area contributed by atoms with E-state index in [1.165, 1.54) is 0 Å². The van der Waals surface area contributed by atoms with Crippen LogP contribution in [0.4, 0.5) is 0 Å². The van der Waals surface area contributed by atoms with Crippen molar-refractivity contribution in [3.05, 3.63) is 39.4 Å². The predicted molar refractivity (Wildman–Crippen MR) is 60.2 cm³/mol. The zero-order valence-electron chi connectivity index (χ0n) is 8.00. The van der Waals surface area contributed by atoms with Gasteiger partial charge in [0.25, 0.3) is 0 Å². The van der Waals surface area contributed by atoms with Gasteiger partial charge in [-0.2, -0.15) is 0 Å². The lowest BCUT2D eigenvalue weighted by Gasteiger charge is -1.97. The third-order valence-corrected chi connectivity index (χ3v) is 2.47. The van der Waals surface area contributed by atoms with E-state index in [-0.39, 0.29) is 6.42 Å². The van der Waals surface area contributed by atoms with Crippen molar-refractivity contribution < 1.29 is 14.3 Å². The average molecular weight is 257 g/mol. The molecule has 2 rings (SSSR count). The van der Waals surface area contributed by atoms with E-state index in [4.69, 9.17) is 23.2 Å². The van der Waals surface area contributed by atoms with E-state index in [1.807, 2.05) is 0 Å². The van der Waals surface area contributed by atoms with Crippen LogP contribution in [-0.4, -0.2) is 11.9 Å². The molecule has 1 fully saturated rings. The molecule has 3 nitrogen and oxygen atoms in total. The molecule has 0 unspecified atom stereocenters. The normalized spacial score (nSPS) is 18.0. The molecular weight excluding hydrogens is 251 g/mol. The molecule has 1 aliphatic rings. The molecule has 5 heteroatoms. The van der Waals surface area contributed by atoms with Crippen LogP contribution in [0.1, 0.15) is 12.0 Å². The molecule has 1 aromatic carbocycles. The van der Waals surface area contributed by atoms with Gasteiger partial charge in [0, 0.05) is 15.6 Å². The Bertz CT molecular complexity index is 486. The molecule has 0 saturated carbocycles. The van der Waals surface area contributed by atoms with Gasteiger partial charge in [-0.25, -0.2) is 4.79 Å². The van der Waals surface area contributed by atoms with Crippen molar-refractivity contribution in [3.8, 4) is 0 Å². The van der Waals surface area contributed by atoms with Crippen LogP contribution in [0, 0.1) is 0 Å². The van der Waals surface area contributed by atoms with Crippen LogP contribution in [0.2, 0.25) is 10.0 Å². The Morgan fingerprint density at radius 3 is 2.25 bits per heavy atom. The lowest BCUT2D eigenvalue weighted by atomic mass is 10.1. The van der Waals surface area contributed by atoms with Gasteiger partial charge in [0.15, 0.2) is 0 Å². The largest absolute Gasteiger partial charge is 0.389 e. The molecule has 0 aromatic heterocycles. The fourth-order valence-electron chi connectivity index (χ4n) is 1.40. The third-order valence-electron chi connectivity index (χ3n) is 2.03. The van der Waals surface area contributed by atoms with Crippen molar-refractivity contribution in [3.63, 3.8) is 0 Å². The van der Waals surface area contributed by atoms with Gasteiger partial charge in [0.05, 0.1) is 6.42 Å². The van der Waals surface area contributed by atoms with Crippen molar-refractivity contribution in [2.24, 2.45) is 0 Å². The second-order valence-electron chi connectivity index (χ2n) is 3.31. The average Bonchev–Trinajstić information content (AvgIpc) is 2.43. The molecule has 1 saturated heterocycles. The fraction of sp³-hybridized carbons (Fsp3) is 0.0909. The monoisotopic (exact) mass is 256 g/mol. The molecule has 0 radical (unpaired) electrons. The Morgan fingerprint density at radius 2 is 1.75 bits per heavy atom. The maximum absolute atomic E-state index is 11.2. The first-order valence-corrected chi connectivity index (χ1v) is 5.22. The minimum atomic E-state index is -0.610. The minimum absolute atomic E-state index is 0.0109. The summed E-state index contributed by atoms with van der Waals surface area (Å²) in [6.45, 7) is 0. The molecule has 0 atom stereocenters. The summed E-state index contributed by atoms with van der Waals surface area (Å²) in [6, 6.07) is 4.89. The summed E-state index contributed by atoms with van der Waals surface area (Å²) in [6.07, 6.45) is 1.54. The highest BCUT2D eigenvalue weighted by molar-refractivity contribution is 6.34. The highest BCUT2D eigenvalue weighted by Crippen LogP contribution is 2.23. The van der Waals surface area contributed by atoms with Crippen LogP contribution in [0.5, 0.6) is 0 Å². The molecule has 1 aliphatic heterocycles. The van der Waals surface area contributed by atoms with Crippen LogP contribution in [0.15, 0.2) is 23.8 Å². The number of benzene rings is 1. The molecule has 1 heterocycles. The number of esters is 2. The summed E-state index contributed by atoms with van der Waals surface area (Å²) in [4.78, 5) is 22.0. The highest BCUT2D eigenvalue weighted by Gasteiger charge is 2.26. The molecule has 82 valence electrons. The standard InChI is InChI=1S/C11H6Cl2O3/c12-8-2-6(3-9(13)5-8)1-7-4-10(14)16-11(7)15/h1-3,5H,4H2/b7-1+. The van der Waals surface area contributed by atoms with E-state index in [2.05, 4.69) is 4.74 Å². The molecule has 1 aromatic rings. The number of rotatable bonds is 1. The topological polar surface area (TPSA) is 43.4 Å². The summed E-state index contributed by atoms with van der Waals surface area (Å²) in [5.41, 5.74) is 0.975. The van der Waals surface area contributed by atoms with Gasteiger partial charge < -0.3 is 4.74 Å². The van der Waals surface area contributed by atoms with Crippen molar-refractivity contribution in [2.75, 3.05) is 0 Å². The first kappa shape index (κ1) is 11.2. The summed E-state index contributed by atoms with van der Waals surface area (Å²) in [5.74, 6) is -1.15. The second-order valence-corrected chi connectivity index (χ2v) is 4.18. The SMILES string of the molecule is O=C1C/C(=C\c2cc(Cl)cc(Cl)c2)C(=O)O1. The van der Waals surface area contributed by atoms with E-state index in [1.54, 1.807) is 24.3 Å². The van der Waals surface area contributed by atoms with Crippen LogP contribution in [0.25, 0.3) is 6.08 Å². The van der Waals surface area contributed by atoms with Crippen molar-refractivity contribution >= 4 is 41.2 Å². The smallest absolute Gasteiger partial charge is 0.342 e.